The lowest BCUT2D eigenvalue weighted by atomic mass is 10.0. The minimum absolute atomic E-state index is 0.0777. The van der Waals surface area contributed by atoms with Gasteiger partial charge in [0.25, 0.3) is 16.1 Å². The first-order valence-corrected chi connectivity index (χ1v) is 8.64. The molecule has 1 heterocycles. The van der Waals surface area contributed by atoms with E-state index in [-0.39, 0.29) is 42.4 Å². The van der Waals surface area contributed by atoms with Crippen LogP contribution in [0.2, 0.25) is 0 Å². The zero-order valence-electron chi connectivity index (χ0n) is 13.4. The molecule has 0 radical (unpaired) electrons. The van der Waals surface area contributed by atoms with Gasteiger partial charge in [0.15, 0.2) is 17.3 Å². The molecule has 0 amide bonds. The normalized spacial score (nSPS) is 12.4. The molecule has 0 aliphatic carbocycles. The van der Waals surface area contributed by atoms with Crippen LogP contribution in [0.15, 0.2) is 21.9 Å². The minimum Gasteiger partial charge on any atom is -0.472 e. The monoisotopic (exact) mass is 391 g/mol. The van der Waals surface area contributed by atoms with E-state index in [1.54, 1.807) is 0 Å². The molecule has 0 aliphatic heterocycles. The van der Waals surface area contributed by atoms with Crippen LogP contribution in [0.4, 0.5) is 8.78 Å². The summed E-state index contributed by atoms with van der Waals surface area (Å²) in [4.78, 5) is 0. The Balaban J connectivity index is 2.11. The highest BCUT2D eigenvalue weighted by Crippen LogP contribution is 2.19. The molecular weight excluding hydrogens is 376 g/mol. The Morgan fingerprint density at radius 3 is 2.77 bits per heavy atom. The average molecular weight is 391 g/mol. The highest BCUT2D eigenvalue weighted by molar-refractivity contribution is 7.87. The molecule has 26 heavy (non-hydrogen) atoms. The second kappa shape index (κ2) is 8.16. The SMILES string of the molecule is Cc1cc(C/C(=N\O)c2nonc2OCCNS(N)(=O)=O)cc(F)c1F. The molecule has 10 nitrogen and oxygen atoms in total. The smallest absolute Gasteiger partial charge is 0.285 e. The molecule has 0 fully saturated rings. The second-order valence-electron chi connectivity index (χ2n) is 5.14. The Labute approximate surface area is 146 Å². The van der Waals surface area contributed by atoms with Gasteiger partial charge >= 0.3 is 0 Å². The van der Waals surface area contributed by atoms with Gasteiger partial charge in [-0.3, -0.25) is 0 Å². The summed E-state index contributed by atoms with van der Waals surface area (Å²) in [5, 5.41) is 24.0. The number of oxime groups is 1. The van der Waals surface area contributed by atoms with Gasteiger partial charge in [-0.25, -0.2) is 18.5 Å². The zero-order valence-corrected chi connectivity index (χ0v) is 14.3. The number of hydrogen-bond acceptors (Lipinski definition) is 8. The zero-order chi connectivity index (χ0) is 19.3. The van der Waals surface area contributed by atoms with E-state index in [1.165, 1.54) is 13.0 Å². The Bertz CT molecular complexity index is 892. The second-order valence-corrected chi connectivity index (χ2v) is 6.52. The number of nitrogens with zero attached hydrogens (tertiary/aromatic N) is 3. The van der Waals surface area contributed by atoms with Crippen molar-refractivity contribution in [2.45, 2.75) is 13.3 Å². The molecule has 4 N–H and O–H groups in total. The molecule has 0 atom stereocenters. The van der Waals surface area contributed by atoms with Crippen molar-refractivity contribution in [3.63, 3.8) is 0 Å². The van der Waals surface area contributed by atoms with Gasteiger partial charge in [0, 0.05) is 13.0 Å². The van der Waals surface area contributed by atoms with Crippen LogP contribution in [-0.2, 0) is 16.6 Å². The number of rotatable bonds is 8. The van der Waals surface area contributed by atoms with Gasteiger partial charge in [0.1, 0.15) is 12.3 Å². The number of nitrogens with one attached hydrogen (secondary N) is 1. The average Bonchev–Trinajstić information content (AvgIpc) is 3.01. The van der Waals surface area contributed by atoms with E-state index in [9.17, 15) is 22.4 Å². The van der Waals surface area contributed by atoms with E-state index in [0.717, 1.165) is 6.07 Å². The van der Waals surface area contributed by atoms with E-state index in [2.05, 4.69) is 20.1 Å². The largest absolute Gasteiger partial charge is 0.472 e. The van der Waals surface area contributed by atoms with Gasteiger partial charge in [-0.1, -0.05) is 11.2 Å². The summed E-state index contributed by atoms with van der Waals surface area (Å²) in [6.07, 6.45) is -0.117. The Hall–Kier alpha value is -2.64. The van der Waals surface area contributed by atoms with Crippen LogP contribution in [-0.4, -0.2) is 42.8 Å². The van der Waals surface area contributed by atoms with Crippen LogP contribution < -0.4 is 14.6 Å². The third-order valence-electron chi connectivity index (χ3n) is 3.14. The van der Waals surface area contributed by atoms with Crippen LogP contribution in [0, 0.1) is 18.6 Å². The van der Waals surface area contributed by atoms with Crippen LogP contribution in [0.1, 0.15) is 16.8 Å². The van der Waals surface area contributed by atoms with Crippen LogP contribution in [0.25, 0.3) is 0 Å². The van der Waals surface area contributed by atoms with Crippen molar-refractivity contribution in [3.8, 4) is 5.88 Å². The highest BCUT2D eigenvalue weighted by atomic mass is 32.2. The molecule has 2 aromatic rings. The fourth-order valence-electron chi connectivity index (χ4n) is 2.04. The molecule has 13 heteroatoms. The number of aryl methyl sites for hydroxylation is 1. The van der Waals surface area contributed by atoms with Crippen molar-refractivity contribution in [1.82, 2.24) is 15.0 Å². The number of hydrogen-bond donors (Lipinski definition) is 3. The quantitative estimate of drug-likeness (QED) is 0.252. The first-order chi connectivity index (χ1) is 12.2. The summed E-state index contributed by atoms with van der Waals surface area (Å²) < 4.78 is 60.1. The minimum atomic E-state index is -3.87. The number of benzene rings is 1. The number of ether oxygens (including phenoxy) is 1. The van der Waals surface area contributed by atoms with E-state index >= 15 is 0 Å². The first-order valence-electron chi connectivity index (χ1n) is 7.10. The molecular formula is C13H15F2N5O5S. The molecule has 0 aliphatic rings. The summed E-state index contributed by atoms with van der Waals surface area (Å²) >= 11 is 0. The van der Waals surface area contributed by atoms with Crippen molar-refractivity contribution >= 4 is 15.9 Å². The summed E-state index contributed by atoms with van der Waals surface area (Å²) in [6, 6.07) is 2.34. The van der Waals surface area contributed by atoms with Gasteiger partial charge < -0.3 is 9.94 Å². The fraction of sp³-hybridized carbons (Fsp3) is 0.308. The van der Waals surface area contributed by atoms with E-state index in [4.69, 9.17) is 9.88 Å². The maximum Gasteiger partial charge on any atom is 0.285 e. The molecule has 1 aromatic carbocycles. The number of nitrogens with two attached hydrogens (primary N) is 1. The van der Waals surface area contributed by atoms with Gasteiger partial charge in [-0.15, -0.1) is 0 Å². The van der Waals surface area contributed by atoms with Gasteiger partial charge in [-0.05, 0) is 34.4 Å². The lowest BCUT2D eigenvalue weighted by Gasteiger charge is -2.07. The Kier molecular flexibility index (Phi) is 6.18. The van der Waals surface area contributed by atoms with Crippen LogP contribution in [0.5, 0.6) is 5.88 Å². The Morgan fingerprint density at radius 1 is 1.42 bits per heavy atom. The molecule has 0 saturated carbocycles. The number of halogens is 2. The topological polar surface area (TPSA) is 153 Å². The Morgan fingerprint density at radius 2 is 2.15 bits per heavy atom. The molecule has 1 aromatic heterocycles. The van der Waals surface area contributed by atoms with Crippen LogP contribution >= 0.6 is 0 Å². The maximum atomic E-state index is 13.5. The third kappa shape index (κ3) is 5.18. The molecule has 0 bridgehead atoms. The van der Waals surface area contributed by atoms with E-state index < -0.39 is 21.8 Å². The van der Waals surface area contributed by atoms with Crippen molar-refractivity contribution in [1.29, 1.82) is 0 Å². The predicted octanol–water partition coefficient (Wildman–Crippen LogP) is 0.249. The van der Waals surface area contributed by atoms with E-state index in [1.807, 2.05) is 4.72 Å². The molecule has 142 valence electrons. The van der Waals surface area contributed by atoms with Gasteiger partial charge in [0.05, 0.1) is 0 Å². The van der Waals surface area contributed by atoms with Crippen molar-refractivity contribution < 1.29 is 31.8 Å². The lowest BCUT2D eigenvalue weighted by Crippen LogP contribution is -2.34. The maximum absolute atomic E-state index is 13.5. The number of aromatic nitrogens is 2. The van der Waals surface area contributed by atoms with Crippen molar-refractivity contribution in [3.05, 3.63) is 40.6 Å². The fourth-order valence-corrected chi connectivity index (χ4v) is 2.41. The van der Waals surface area contributed by atoms with Crippen LogP contribution in [0.3, 0.4) is 0 Å². The molecule has 0 unspecified atom stereocenters. The summed E-state index contributed by atoms with van der Waals surface area (Å²) in [6.45, 7) is 1.07. The van der Waals surface area contributed by atoms with Crippen molar-refractivity contribution in [2.24, 2.45) is 10.3 Å². The molecule has 0 spiro atoms. The van der Waals surface area contributed by atoms with Crippen molar-refractivity contribution in [2.75, 3.05) is 13.2 Å². The lowest BCUT2D eigenvalue weighted by molar-refractivity contribution is 0.258. The first kappa shape index (κ1) is 19.7. The third-order valence-corrected chi connectivity index (χ3v) is 3.74. The molecule has 2 rings (SSSR count). The molecule has 0 saturated heterocycles. The van der Waals surface area contributed by atoms with Gasteiger partial charge in [-0.2, -0.15) is 13.1 Å². The highest BCUT2D eigenvalue weighted by Gasteiger charge is 2.20. The van der Waals surface area contributed by atoms with Gasteiger partial charge in [0.2, 0.25) is 0 Å². The standard InChI is InChI=1S/C13H15F2N5O5S/c1-7-4-8(5-9(14)11(7)15)6-10(18-21)12-13(20-25-19-12)24-3-2-17-26(16,22)23/h4-5,17,21H,2-3,6H2,1H3,(H2,16,22,23)/b18-10+. The predicted molar refractivity (Wildman–Crippen MR) is 84.0 cm³/mol. The summed E-state index contributed by atoms with van der Waals surface area (Å²) in [5.41, 5.74) is 0.247. The van der Waals surface area contributed by atoms with E-state index in [0.29, 0.717) is 5.56 Å². The summed E-state index contributed by atoms with van der Waals surface area (Å²) in [5.74, 6) is -2.18. The summed E-state index contributed by atoms with van der Waals surface area (Å²) in [7, 11) is -3.87.